The lowest BCUT2D eigenvalue weighted by Crippen LogP contribution is -2.41. The normalized spacial score (nSPS) is 18.6. The second kappa shape index (κ2) is 5.71. The van der Waals surface area contributed by atoms with E-state index < -0.39 is 0 Å². The molecule has 5 heteroatoms. The van der Waals surface area contributed by atoms with E-state index in [0.29, 0.717) is 0 Å². The van der Waals surface area contributed by atoms with Crippen LogP contribution in [0.1, 0.15) is 27.7 Å². The summed E-state index contributed by atoms with van der Waals surface area (Å²) in [4.78, 5) is 0. The minimum absolute atomic E-state index is 0.347. The Morgan fingerprint density at radius 3 is 1.85 bits per heavy atom. The molecule has 136 valence electrons. The van der Waals surface area contributed by atoms with Crippen LogP contribution in [0.4, 0.5) is 0 Å². The van der Waals surface area contributed by atoms with Gasteiger partial charge in [-0.3, -0.25) is 0 Å². The molecule has 0 atom stereocenters. The van der Waals surface area contributed by atoms with Gasteiger partial charge >= 0.3 is 7.12 Å². The van der Waals surface area contributed by atoms with E-state index in [1.165, 1.54) is 21.8 Å². The van der Waals surface area contributed by atoms with Crippen molar-refractivity contribution in [2.75, 3.05) is 0 Å². The number of hydrogen-bond acceptors (Lipinski definition) is 3. The molecule has 1 saturated heterocycles. The van der Waals surface area contributed by atoms with Gasteiger partial charge in [-0.25, -0.2) is 0 Å². The van der Waals surface area contributed by atoms with Crippen LogP contribution in [0.3, 0.4) is 0 Å². The van der Waals surface area contributed by atoms with Crippen LogP contribution >= 0.6 is 11.3 Å². The Morgan fingerprint density at radius 2 is 1.30 bits per heavy atom. The van der Waals surface area contributed by atoms with Crippen molar-refractivity contribution in [2.24, 2.45) is 0 Å². The number of nitrogens with zero attached hydrogens (tertiary/aromatic N) is 1. The van der Waals surface area contributed by atoms with Crippen molar-refractivity contribution in [1.82, 2.24) is 4.57 Å². The summed E-state index contributed by atoms with van der Waals surface area (Å²) < 4.78 is 16.1. The molecule has 1 fully saturated rings. The standard InChI is InChI=1S/C22H22BNO2S/c1-21(2)22(3,4)26-23(25-21)20-19(13-14-27-20)24-17-11-7-5-9-15(17)16-10-6-8-12-18(16)24/h5-14H,1-4H3. The maximum atomic E-state index is 6.35. The van der Waals surface area contributed by atoms with Crippen molar-refractivity contribution in [3.8, 4) is 5.69 Å². The lowest BCUT2D eigenvalue weighted by atomic mass is 9.86. The lowest BCUT2D eigenvalue weighted by Gasteiger charge is -2.32. The molecule has 0 aliphatic carbocycles. The summed E-state index contributed by atoms with van der Waals surface area (Å²) in [5.41, 5.74) is 2.85. The van der Waals surface area contributed by atoms with Gasteiger partial charge in [0, 0.05) is 10.8 Å². The Hall–Kier alpha value is -2.08. The van der Waals surface area contributed by atoms with Crippen LogP contribution in [-0.4, -0.2) is 22.9 Å². The predicted molar refractivity (Wildman–Crippen MR) is 114 cm³/mol. The van der Waals surface area contributed by atoms with E-state index in [1.54, 1.807) is 11.3 Å². The molecule has 0 N–H and O–H groups in total. The summed E-state index contributed by atoms with van der Waals surface area (Å²) in [7, 11) is -0.357. The quantitative estimate of drug-likeness (QED) is 0.453. The maximum Gasteiger partial charge on any atom is 0.507 e. The third kappa shape index (κ3) is 2.42. The number of hydrogen-bond donors (Lipinski definition) is 0. The van der Waals surface area contributed by atoms with E-state index >= 15 is 0 Å². The number of fused-ring (bicyclic) bond motifs is 3. The van der Waals surface area contributed by atoms with Crippen molar-refractivity contribution in [2.45, 2.75) is 38.9 Å². The summed E-state index contributed by atoms with van der Waals surface area (Å²) in [6.45, 7) is 8.39. The molecular weight excluding hydrogens is 353 g/mol. The fourth-order valence-electron chi connectivity index (χ4n) is 3.81. The first-order valence-corrected chi connectivity index (χ1v) is 10.2. The number of thiophene rings is 1. The van der Waals surface area contributed by atoms with Gasteiger partial charge < -0.3 is 13.9 Å². The smallest absolute Gasteiger partial charge is 0.399 e. The highest BCUT2D eigenvalue weighted by atomic mass is 32.1. The van der Waals surface area contributed by atoms with Crippen LogP contribution in [0.15, 0.2) is 60.0 Å². The van der Waals surface area contributed by atoms with Gasteiger partial charge in [-0.15, -0.1) is 0 Å². The number of benzene rings is 2. The van der Waals surface area contributed by atoms with Crippen molar-refractivity contribution in [1.29, 1.82) is 0 Å². The Kier molecular flexibility index (Phi) is 3.61. The zero-order valence-corrected chi connectivity index (χ0v) is 16.8. The molecule has 0 radical (unpaired) electrons. The van der Waals surface area contributed by atoms with Gasteiger partial charge in [0.2, 0.25) is 0 Å². The first-order chi connectivity index (χ1) is 12.9. The van der Waals surface area contributed by atoms with Gasteiger partial charge in [0.1, 0.15) is 0 Å². The molecule has 2 aromatic heterocycles. The minimum atomic E-state index is -0.357. The zero-order valence-electron chi connectivity index (χ0n) is 16.0. The Bertz CT molecular complexity index is 1090. The lowest BCUT2D eigenvalue weighted by molar-refractivity contribution is 0.00578. The molecule has 1 aliphatic heterocycles. The van der Waals surface area contributed by atoms with Gasteiger partial charge in [-0.1, -0.05) is 36.4 Å². The van der Waals surface area contributed by atoms with Crippen LogP contribution in [0.25, 0.3) is 27.5 Å². The van der Waals surface area contributed by atoms with Crippen molar-refractivity contribution in [3.05, 3.63) is 60.0 Å². The Balaban J connectivity index is 1.73. The molecule has 5 rings (SSSR count). The summed E-state index contributed by atoms with van der Waals surface area (Å²) >= 11 is 1.69. The van der Waals surface area contributed by atoms with E-state index in [4.69, 9.17) is 9.31 Å². The van der Waals surface area contributed by atoms with Crippen LogP contribution in [0.2, 0.25) is 0 Å². The summed E-state index contributed by atoms with van der Waals surface area (Å²) in [5.74, 6) is 0. The Morgan fingerprint density at radius 1 is 0.778 bits per heavy atom. The highest BCUT2D eigenvalue weighted by Crippen LogP contribution is 2.38. The minimum Gasteiger partial charge on any atom is -0.399 e. The molecule has 3 heterocycles. The third-order valence-corrected chi connectivity index (χ3v) is 6.89. The van der Waals surface area contributed by atoms with Crippen LogP contribution in [0, 0.1) is 0 Å². The molecule has 4 aromatic rings. The molecule has 0 bridgehead atoms. The van der Waals surface area contributed by atoms with Gasteiger partial charge in [-0.05, 0) is 51.3 Å². The number of rotatable bonds is 2. The predicted octanol–water partition coefficient (Wildman–Crippen LogP) is 5.14. The topological polar surface area (TPSA) is 23.4 Å². The average molecular weight is 375 g/mol. The number of aromatic nitrogens is 1. The van der Waals surface area contributed by atoms with Gasteiger partial charge in [-0.2, -0.15) is 11.3 Å². The summed E-state index contributed by atoms with van der Waals surface area (Å²) in [5, 5.41) is 4.65. The molecule has 27 heavy (non-hydrogen) atoms. The van der Waals surface area contributed by atoms with Gasteiger partial charge in [0.15, 0.2) is 0 Å². The molecule has 0 amide bonds. The van der Waals surface area contributed by atoms with Crippen LogP contribution in [-0.2, 0) is 9.31 Å². The summed E-state index contributed by atoms with van der Waals surface area (Å²) in [6.07, 6.45) is 0. The monoisotopic (exact) mass is 375 g/mol. The zero-order chi connectivity index (χ0) is 18.8. The molecule has 0 saturated carbocycles. The summed E-state index contributed by atoms with van der Waals surface area (Å²) in [6, 6.07) is 19.3. The van der Waals surface area contributed by atoms with Crippen molar-refractivity contribution < 1.29 is 9.31 Å². The van der Waals surface area contributed by atoms with E-state index in [0.717, 1.165) is 10.5 Å². The second-order valence-corrected chi connectivity index (χ2v) is 9.08. The van der Waals surface area contributed by atoms with E-state index in [1.807, 2.05) is 0 Å². The van der Waals surface area contributed by atoms with E-state index in [-0.39, 0.29) is 18.3 Å². The third-order valence-electron chi connectivity index (χ3n) is 5.96. The molecule has 1 aliphatic rings. The first-order valence-electron chi connectivity index (χ1n) is 9.31. The highest BCUT2D eigenvalue weighted by molar-refractivity contribution is 7.21. The maximum absolute atomic E-state index is 6.35. The van der Waals surface area contributed by atoms with Gasteiger partial charge in [0.05, 0.1) is 32.7 Å². The fraction of sp³-hybridized carbons (Fsp3) is 0.273. The van der Waals surface area contributed by atoms with Crippen molar-refractivity contribution in [3.63, 3.8) is 0 Å². The van der Waals surface area contributed by atoms with E-state index in [9.17, 15) is 0 Å². The van der Waals surface area contributed by atoms with Gasteiger partial charge in [0.25, 0.3) is 0 Å². The second-order valence-electron chi connectivity index (χ2n) is 8.13. The van der Waals surface area contributed by atoms with E-state index in [2.05, 4.69) is 92.2 Å². The first kappa shape index (κ1) is 17.1. The molecule has 2 aromatic carbocycles. The van der Waals surface area contributed by atoms with Crippen LogP contribution < -0.4 is 4.78 Å². The molecule has 0 spiro atoms. The molecule has 3 nitrogen and oxygen atoms in total. The van der Waals surface area contributed by atoms with Crippen molar-refractivity contribution >= 4 is 45.0 Å². The molecular formula is C22H22BNO2S. The highest BCUT2D eigenvalue weighted by Gasteiger charge is 2.52. The average Bonchev–Trinajstić information content (AvgIpc) is 3.27. The van der Waals surface area contributed by atoms with Crippen LogP contribution in [0.5, 0.6) is 0 Å². The molecule has 0 unspecified atom stereocenters. The largest absolute Gasteiger partial charge is 0.507 e. The number of para-hydroxylation sites is 2. The fourth-order valence-corrected chi connectivity index (χ4v) is 4.64. The Labute approximate surface area is 163 Å². The SMILES string of the molecule is CC1(C)OB(c2sccc2-n2c3ccccc3c3ccccc32)OC1(C)C.